The second-order valence-electron chi connectivity index (χ2n) is 5.43. The second-order valence-corrected chi connectivity index (χ2v) is 6.63. The maximum atomic E-state index is 10.8. The molecular formula is C15H23NO2S. The molecule has 2 unspecified atom stereocenters. The van der Waals surface area contributed by atoms with E-state index in [0.717, 1.165) is 32.4 Å². The van der Waals surface area contributed by atoms with Gasteiger partial charge in [-0.1, -0.05) is 6.92 Å². The summed E-state index contributed by atoms with van der Waals surface area (Å²) < 4.78 is 0. The summed E-state index contributed by atoms with van der Waals surface area (Å²) in [4.78, 5) is 16.1. The van der Waals surface area contributed by atoms with Crippen molar-refractivity contribution in [1.29, 1.82) is 0 Å². The average Bonchev–Trinajstić information content (AvgIpc) is 2.86. The molecule has 1 aromatic rings. The van der Waals surface area contributed by atoms with Crippen LogP contribution in [0.2, 0.25) is 0 Å². The van der Waals surface area contributed by atoms with Crippen LogP contribution in [0.1, 0.15) is 48.9 Å². The van der Waals surface area contributed by atoms with Gasteiger partial charge in [-0.25, -0.2) is 0 Å². The van der Waals surface area contributed by atoms with E-state index < -0.39 is 5.97 Å². The fraction of sp³-hybridized carbons (Fsp3) is 0.667. The minimum Gasteiger partial charge on any atom is -0.481 e. The zero-order chi connectivity index (χ0) is 13.8. The SMILES string of the molecule is CCc1ccc(C(C)N2CCCC(CC(=O)O)C2)s1. The van der Waals surface area contributed by atoms with Gasteiger partial charge in [-0.15, -0.1) is 11.3 Å². The fourth-order valence-corrected chi connectivity index (χ4v) is 3.89. The van der Waals surface area contributed by atoms with Crippen molar-refractivity contribution in [2.45, 2.75) is 45.6 Å². The van der Waals surface area contributed by atoms with Crippen LogP contribution < -0.4 is 0 Å². The molecule has 3 nitrogen and oxygen atoms in total. The number of thiophene rings is 1. The first kappa shape index (κ1) is 14.5. The lowest BCUT2D eigenvalue weighted by molar-refractivity contribution is -0.138. The fourth-order valence-electron chi connectivity index (χ4n) is 2.85. The van der Waals surface area contributed by atoms with Crippen molar-refractivity contribution in [3.63, 3.8) is 0 Å². The molecule has 1 saturated heterocycles. The normalized spacial score (nSPS) is 22.3. The highest BCUT2D eigenvalue weighted by atomic mass is 32.1. The van der Waals surface area contributed by atoms with E-state index in [9.17, 15) is 4.79 Å². The van der Waals surface area contributed by atoms with E-state index in [4.69, 9.17) is 5.11 Å². The summed E-state index contributed by atoms with van der Waals surface area (Å²) in [5.74, 6) is -0.344. The summed E-state index contributed by atoms with van der Waals surface area (Å²) in [6.45, 7) is 6.45. The van der Waals surface area contributed by atoms with Crippen molar-refractivity contribution in [2.24, 2.45) is 5.92 Å². The molecule has 1 N–H and O–H groups in total. The number of hydrogen-bond acceptors (Lipinski definition) is 3. The Kier molecular flexibility index (Phi) is 4.99. The van der Waals surface area contributed by atoms with E-state index in [-0.39, 0.29) is 0 Å². The van der Waals surface area contributed by atoms with Gasteiger partial charge in [0.15, 0.2) is 0 Å². The molecule has 0 bridgehead atoms. The molecule has 19 heavy (non-hydrogen) atoms. The number of nitrogens with zero attached hydrogens (tertiary/aromatic N) is 1. The molecule has 4 heteroatoms. The van der Waals surface area contributed by atoms with Crippen LogP contribution in [0.4, 0.5) is 0 Å². The molecule has 0 aromatic carbocycles. The summed E-state index contributed by atoms with van der Waals surface area (Å²) in [7, 11) is 0. The highest BCUT2D eigenvalue weighted by Crippen LogP contribution is 2.31. The molecule has 0 aliphatic carbocycles. The van der Waals surface area contributed by atoms with Crippen LogP contribution in [0.5, 0.6) is 0 Å². The Balaban J connectivity index is 1.98. The third-order valence-electron chi connectivity index (χ3n) is 4.00. The van der Waals surface area contributed by atoms with Gasteiger partial charge in [-0.3, -0.25) is 9.69 Å². The van der Waals surface area contributed by atoms with E-state index >= 15 is 0 Å². The van der Waals surface area contributed by atoms with Crippen molar-refractivity contribution < 1.29 is 9.90 Å². The lowest BCUT2D eigenvalue weighted by Gasteiger charge is -2.36. The average molecular weight is 281 g/mol. The van der Waals surface area contributed by atoms with Crippen LogP contribution in [0.15, 0.2) is 12.1 Å². The lowest BCUT2D eigenvalue weighted by Crippen LogP contribution is -2.37. The first-order valence-electron chi connectivity index (χ1n) is 7.14. The van der Waals surface area contributed by atoms with Gasteiger partial charge in [0.05, 0.1) is 0 Å². The Labute approximate surface area is 119 Å². The third-order valence-corrected chi connectivity index (χ3v) is 5.40. The second kappa shape index (κ2) is 6.53. The van der Waals surface area contributed by atoms with Gasteiger partial charge < -0.3 is 5.11 Å². The van der Waals surface area contributed by atoms with Gasteiger partial charge in [0.25, 0.3) is 0 Å². The number of carboxylic acids is 1. The first-order chi connectivity index (χ1) is 9.10. The number of carbonyl (C=O) groups is 1. The van der Waals surface area contributed by atoms with Crippen molar-refractivity contribution in [3.05, 3.63) is 21.9 Å². The zero-order valence-electron chi connectivity index (χ0n) is 11.8. The molecule has 2 rings (SSSR count). The summed E-state index contributed by atoms with van der Waals surface area (Å²) >= 11 is 1.89. The standard InChI is InChI=1S/C15H23NO2S/c1-3-13-6-7-14(19-13)11(2)16-8-4-5-12(10-16)9-15(17)18/h6-7,11-12H,3-5,8-10H2,1-2H3,(H,17,18). The molecule has 1 aliphatic heterocycles. The van der Waals surface area contributed by atoms with Crippen molar-refractivity contribution in [2.75, 3.05) is 13.1 Å². The molecule has 2 heterocycles. The Bertz CT molecular complexity index is 430. The van der Waals surface area contributed by atoms with E-state index in [1.165, 1.54) is 9.75 Å². The number of carboxylic acid groups (broad SMARTS) is 1. The van der Waals surface area contributed by atoms with Crippen LogP contribution in [-0.2, 0) is 11.2 Å². The van der Waals surface area contributed by atoms with Crippen LogP contribution in [0.25, 0.3) is 0 Å². The molecule has 0 radical (unpaired) electrons. The minimum atomic E-state index is -0.663. The maximum absolute atomic E-state index is 10.8. The van der Waals surface area contributed by atoms with E-state index in [0.29, 0.717) is 18.4 Å². The van der Waals surface area contributed by atoms with Crippen LogP contribution >= 0.6 is 11.3 Å². The van der Waals surface area contributed by atoms with Gasteiger partial charge in [0.2, 0.25) is 0 Å². The molecule has 0 saturated carbocycles. The number of likely N-dealkylation sites (tertiary alicyclic amines) is 1. The third kappa shape index (κ3) is 3.80. The summed E-state index contributed by atoms with van der Waals surface area (Å²) in [6.07, 6.45) is 3.58. The monoisotopic (exact) mass is 281 g/mol. The molecule has 1 aliphatic rings. The Morgan fingerprint density at radius 3 is 3.00 bits per heavy atom. The molecule has 0 amide bonds. The minimum absolute atomic E-state index is 0.313. The smallest absolute Gasteiger partial charge is 0.303 e. The van der Waals surface area contributed by atoms with Crippen molar-refractivity contribution in [3.8, 4) is 0 Å². The quantitative estimate of drug-likeness (QED) is 0.897. The Morgan fingerprint density at radius 2 is 2.37 bits per heavy atom. The predicted octanol–water partition coefficient (Wildman–Crippen LogP) is 3.56. The van der Waals surface area contributed by atoms with Crippen molar-refractivity contribution >= 4 is 17.3 Å². The number of hydrogen-bond donors (Lipinski definition) is 1. The number of rotatable bonds is 5. The van der Waals surface area contributed by atoms with E-state index in [2.05, 4.69) is 30.9 Å². The molecule has 2 atom stereocenters. The first-order valence-corrected chi connectivity index (χ1v) is 7.96. The molecule has 1 aromatic heterocycles. The molecular weight excluding hydrogens is 258 g/mol. The topological polar surface area (TPSA) is 40.5 Å². The molecule has 1 fully saturated rings. The zero-order valence-corrected chi connectivity index (χ0v) is 12.6. The van der Waals surface area contributed by atoms with Crippen LogP contribution in [-0.4, -0.2) is 29.1 Å². The Morgan fingerprint density at radius 1 is 1.58 bits per heavy atom. The number of piperidine rings is 1. The summed E-state index contributed by atoms with van der Waals surface area (Å²) in [5, 5.41) is 8.93. The largest absolute Gasteiger partial charge is 0.481 e. The lowest BCUT2D eigenvalue weighted by atomic mass is 9.94. The Hall–Kier alpha value is -0.870. The van der Waals surface area contributed by atoms with Crippen LogP contribution in [0.3, 0.4) is 0 Å². The highest BCUT2D eigenvalue weighted by molar-refractivity contribution is 7.12. The number of aryl methyl sites for hydroxylation is 1. The summed E-state index contributed by atoms with van der Waals surface area (Å²) in [5.41, 5.74) is 0. The summed E-state index contributed by atoms with van der Waals surface area (Å²) in [6, 6.07) is 4.87. The number of aliphatic carboxylic acids is 1. The van der Waals surface area contributed by atoms with E-state index in [1.54, 1.807) is 0 Å². The van der Waals surface area contributed by atoms with Crippen LogP contribution in [0, 0.1) is 5.92 Å². The van der Waals surface area contributed by atoms with Crippen molar-refractivity contribution in [1.82, 2.24) is 4.90 Å². The van der Waals surface area contributed by atoms with Gasteiger partial charge >= 0.3 is 5.97 Å². The van der Waals surface area contributed by atoms with Gasteiger partial charge in [-0.2, -0.15) is 0 Å². The maximum Gasteiger partial charge on any atom is 0.303 e. The molecule has 106 valence electrons. The van der Waals surface area contributed by atoms with Gasteiger partial charge in [0.1, 0.15) is 0 Å². The predicted molar refractivity (Wildman–Crippen MR) is 78.7 cm³/mol. The van der Waals surface area contributed by atoms with Gasteiger partial charge in [-0.05, 0) is 50.8 Å². The molecule has 0 spiro atoms. The van der Waals surface area contributed by atoms with E-state index in [1.807, 2.05) is 11.3 Å². The highest BCUT2D eigenvalue weighted by Gasteiger charge is 2.26. The van der Waals surface area contributed by atoms with Gasteiger partial charge in [0, 0.05) is 28.8 Å².